The van der Waals surface area contributed by atoms with Crippen molar-refractivity contribution in [3.8, 4) is 5.75 Å². The normalized spacial score (nSPS) is 22.7. The maximum absolute atomic E-state index is 15.4. The van der Waals surface area contributed by atoms with Crippen molar-refractivity contribution in [1.82, 2.24) is 35.4 Å². The highest BCUT2D eigenvalue weighted by atomic mass is 19.1. The summed E-state index contributed by atoms with van der Waals surface area (Å²) < 4.78 is 21.8. The average molecular weight is 815 g/mol. The lowest BCUT2D eigenvalue weighted by Crippen LogP contribution is -2.52. The van der Waals surface area contributed by atoms with Gasteiger partial charge in [0, 0.05) is 94.4 Å². The Bertz CT molecular complexity index is 2350. The zero-order valence-electron chi connectivity index (χ0n) is 33.3. The Labute approximate surface area is 347 Å². The number of anilines is 2. The number of piperazine rings is 1. The molecule has 1 saturated carbocycles. The number of carbonyl (C=O) groups is 4. The molecular weight excluding hydrogens is 768 g/mol. The van der Waals surface area contributed by atoms with E-state index in [2.05, 4.69) is 40.2 Å². The Kier molecular flexibility index (Phi) is 11.0. The van der Waals surface area contributed by atoms with Crippen LogP contribution in [0.4, 0.5) is 21.7 Å². The number of pyridine rings is 1. The Morgan fingerprint density at radius 1 is 0.917 bits per heavy atom. The number of hydrogen-bond acceptors (Lipinski definition) is 11. The highest BCUT2D eigenvalue weighted by Crippen LogP contribution is 2.35. The van der Waals surface area contributed by atoms with Crippen LogP contribution in [0, 0.1) is 18.3 Å². The van der Waals surface area contributed by atoms with E-state index in [1.54, 1.807) is 30.7 Å². The molecule has 16 heteroatoms. The molecule has 2 N–H and O–H groups in total. The van der Waals surface area contributed by atoms with Gasteiger partial charge in [-0.1, -0.05) is 6.07 Å². The van der Waals surface area contributed by atoms with E-state index in [1.807, 2.05) is 23.1 Å². The molecule has 9 rings (SSSR count). The van der Waals surface area contributed by atoms with Gasteiger partial charge in [-0.15, -0.1) is 0 Å². The number of carbonyl (C=O) groups excluding carboxylic acids is 4. The molecule has 5 aliphatic rings. The first-order valence-corrected chi connectivity index (χ1v) is 20.9. The van der Waals surface area contributed by atoms with Crippen molar-refractivity contribution in [2.75, 3.05) is 55.6 Å². The van der Waals surface area contributed by atoms with Crippen LogP contribution >= 0.6 is 0 Å². The van der Waals surface area contributed by atoms with Crippen molar-refractivity contribution in [2.45, 2.75) is 76.1 Å². The summed E-state index contributed by atoms with van der Waals surface area (Å²) in [5.41, 5.74) is 3.05. The maximum Gasteiger partial charge on any atom is 0.255 e. The number of piperidine rings is 2. The number of imide groups is 1. The van der Waals surface area contributed by atoms with Gasteiger partial charge in [0.25, 0.3) is 11.8 Å². The minimum atomic E-state index is -0.732. The van der Waals surface area contributed by atoms with Crippen LogP contribution in [0.5, 0.6) is 5.75 Å². The number of rotatable bonds is 9. The maximum atomic E-state index is 15.4. The third-order valence-corrected chi connectivity index (χ3v) is 12.7. The zero-order chi connectivity index (χ0) is 41.3. The van der Waals surface area contributed by atoms with Gasteiger partial charge in [0.15, 0.2) is 0 Å². The van der Waals surface area contributed by atoms with Crippen LogP contribution in [-0.4, -0.2) is 112 Å². The predicted molar refractivity (Wildman–Crippen MR) is 220 cm³/mol. The quantitative estimate of drug-likeness (QED) is 0.179. The molecule has 60 heavy (non-hydrogen) atoms. The van der Waals surface area contributed by atoms with Gasteiger partial charge in [0.1, 0.15) is 17.6 Å². The zero-order valence-corrected chi connectivity index (χ0v) is 33.3. The molecule has 2 aromatic heterocycles. The standard InChI is InChI=1S/C44H47FN10O5/c1-46-35-8-10-38(32-3-2-14-47-40(32)35)60-31-6-4-30(5-7-31)50-41(57)29-23-48-44(49-24-29)54-15-12-27(13-16-54)25-52-17-19-53(20-18-52)37-21-28-26-55(43(59)33(28)22-34(37)45)36-9-11-39(56)51-42(36)58/h2-3,8,10,14,21-24,27,30-31,36H,4-7,9,11-13,15-20,25-26H2,(H,50,57)(H,51,56,58)/t30?,31?,36-/m0/s1. The number of nitrogens with one attached hydrogen (secondary N) is 2. The van der Waals surface area contributed by atoms with Crippen LogP contribution in [0.3, 0.4) is 0 Å². The Morgan fingerprint density at radius 2 is 1.68 bits per heavy atom. The molecule has 1 atom stereocenters. The van der Waals surface area contributed by atoms with Crippen molar-refractivity contribution in [2.24, 2.45) is 5.92 Å². The van der Waals surface area contributed by atoms with E-state index < -0.39 is 17.8 Å². The fraction of sp³-hybridized carbons (Fsp3) is 0.455. The Morgan fingerprint density at radius 3 is 2.42 bits per heavy atom. The molecule has 0 spiro atoms. The van der Waals surface area contributed by atoms with Gasteiger partial charge < -0.3 is 24.8 Å². The summed E-state index contributed by atoms with van der Waals surface area (Å²) in [6.45, 7) is 13.2. The van der Waals surface area contributed by atoms with Gasteiger partial charge in [-0.25, -0.2) is 19.2 Å². The summed E-state index contributed by atoms with van der Waals surface area (Å²) in [7, 11) is 0. The molecule has 310 valence electrons. The Balaban J connectivity index is 0.702. The molecule has 0 unspecified atom stereocenters. The van der Waals surface area contributed by atoms with E-state index in [1.165, 1.54) is 11.0 Å². The van der Waals surface area contributed by atoms with E-state index in [4.69, 9.17) is 11.3 Å². The number of ether oxygens (including phenoxy) is 1. The number of nitrogens with zero attached hydrogens (tertiary/aromatic N) is 8. The average Bonchev–Trinajstić information content (AvgIpc) is 3.58. The van der Waals surface area contributed by atoms with Gasteiger partial charge in [-0.3, -0.25) is 34.4 Å². The first-order valence-electron chi connectivity index (χ1n) is 20.9. The molecule has 4 aliphatic heterocycles. The van der Waals surface area contributed by atoms with Crippen LogP contribution in [0.1, 0.15) is 77.6 Å². The topological polar surface area (TPSA) is 158 Å². The summed E-state index contributed by atoms with van der Waals surface area (Å²) >= 11 is 0. The summed E-state index contributed by atoms with van der Waals surface area (Å²) in [6.07, 6.45) is 10.5. The van der Waals surface area contributed by atoms with E-state index in [0.717, 1.165) is 82.4 Å². The van der Waals surface area contributed by atoms with Crippen molar-refractivity contribution in [1.29, 1.82) is 0 Å². The summed E-state index contributed by atoms with van der Waals surface area (Å²) in [4.78, 5) is 75.5. The number of benzene rings is 2. The lowest BCUT2D eigenvalue weighted by atomic mass is 9.92. The number of aromatic nitrogens is 3. The third kappa shape index (κ3) is 8.05. The summed E-state index contributed by atoms with van der Waals surface area (Å²) in [6, 6.07) is 9.73. The molecule has 3 saturated heterocycles. The number of halogens is 1. The second-order valence-electron chi connectivity index (χ2n) is 16.5. The van der Waals surface area contributed by atoms with E-state index >= 15 is 4.39 Å². The molecule has 4 amide bonds. The van der Waals surface area contributed by atoms with Gasteiger partial charge in [-0.05, 0) is 86.8 Å². The van der Waals surface area contributed by atoms with Crippen LogP contribution in [0.25, 0.3) is 15.7 Å². The molecule has 0 bridgehead atoms. The second-order valence-corrected chi connectivity index (χ2v) is 16.5. The summed E-state index contributed by atoms with van der Waals surface area (Å²) in [5.74, 6) is 0.0525. The molecule has 6 heterocycles. The molecule has 15 nitrogen and oxygen atoms in total. The Hall–Kier alpha value is -6.21. The van der Waals surface area contributed by atoms with Gasteiger partial charge in [-0.2, -0.15) is 0 Å². The second kappa shape index (κ2) is 16.8. The lowest BCUT2D eigenvalue weighted by molar-refractivity contribution is -0.136. The molecule has 4 aromatic rings. The van der Waals surface area contributed by atoms with Crippen LogP contribution < -0.4 is 25.2 Å². The SMILES string of the molecule is [C-]#[N+]c1ccc(OC2CCC(NC(=O)c3cnc(N4CCC(CN5CCN(c6cc7c(cc6F)C(=O)N([C@H]6CCC(=O)NC6=O)C7)CC5)CC4)nc3)CC2)c2cccnc12. The number of amides is 4. The predicted octanol–water partition coefficient (Wildman–Crippen LogP) is 4.63. The highest BCUT2D eigenvalue weighted by molar-refractivity contribution is 6.05. The smallest absolute Gasteiger partial charge is 0.255 e. The monoisotopic (exact) mass is 814 g/mol. The molecule has 0 radical (unpaired) electrons. The lowest BCUT2D eigenvalue weighted by Gasteiger charge is -2.39. The fourth-order valence-corrected chi connectivity index (χ4v) is 9.37. The number of hydrogen-bond donors (Lipinski definition) is 2. The van der Waals surface area contributed by atoms with Crippen molar-refractivity contribution in [3.63, 3.8) is 0 Å². The van der Waals surface area contributed by atoms with E-state index in [-0.39, 0.29) is 54.8 Å². The summed E-state index contributed by atoms with van der Waals surface area (Å²) in [5, 5.41) is 6.30. The van der Waals surface area contributed by atoms with Crippen molar-refractivity contribution < 1.29 is 28.3 Å². The van der Waals surface area contributed by atoms with Gasteiger partial charge in [0.2, 0.25) is 23.5 Å². The van der Waals surface area contributed by atoms with Crippen LogP contribution in [0.2, 0.25) is 0 Å². The first-order chi connectivity index (χ1) is 29.2. The van der Waals surface area contributed by atoms with E-state index in [9.17, 15) is 19.2 Å². The molecule has 4 fully saturated rings. The third-order valence-electron chi connectivity index (χ3n) is 12.7. The van der Waals surface area contributed by atoms with Crippen molar-refractivity contribution >= 4 is 51.9 Å². The van der Waals surface area contributed by atoms with Crippen LogP contribution in [0.15, 0.2) is 55.0 Å². The van der Waals surface area contributed by atoms with Gasteiger partial charge >= 0.3 is 0 Å². The first kappa shape index (κ1) is 39.3. The van der Waals surface area contributed by atoms with Gasteiger partial charge in [0.05, 0.1) is 29.4 Å². The van der Waals surface area contributed by atoms with Crippen molar-refractivity contribution in [3.05, 3.63) is 88.9 Å². The largest absolute Gasteiger partial charge is 0.490 e. The molecular formula is C44H47FN10O5. The molecule has 2 aromatic carbocycles. The van der Waals surface area contributed by atoms with E-state index in [0.29, 0.717) is 53.0 Å². The fourth-order valence-electron chi connectivity index (χ4n) is 9.37. The highest BCUT2D eigenvalue weighted by Gasteiger charge is 2.40. The minimum Gasteiger partial charge on any atom is -0.490 e. The number of fused-ring (bicyclic) bond motifs is 2. The minimum absolute atomic E-state index is 0.0170. The van der Waals surface area contributed by atoms with Crippen LogP contribution in [-0.2, 0) is 16.1 Å². The molecule has 1 aliphatic carbocycles.